The van der Waals surface area contributed by atoms with E-state index >= 15 is 0 Å². The van der Waals surface area contributed by atoms with Gasteiger partial charge in [-0.2, -0.15) is 0 Å². The van der Waals surface area contributed by atoms with Crippen LogP contribution in [0.3, 0.4) is 0 Å². The van der Waals surface area contributed by atoms with Crippen molar-refractivity contribution in [2.24, 2.45) is 0 Å². The number of amides is 1. The molecule has 0 radical (unpaired) electrons. The van der Waals surface area contributed by atoms with E-state index in [1.54, 1.807) is 43.1 Å². The van der Waals surface area contributed by atoms with E-state index in [2.05, 4.69) is 5.32 Å². The maximum Gasteiger partial charge on any atom is 0.263 e. The molecule has 5 nitrogen and oxygen atoms in total. The Morgan fingerprint density at radius 1 is 1.40 bits per heavy atom. The van der Waals surface area contributed by atoms with E-state index in [-0.39, 0.29) is 11.7 Å². The Bertz CT molecular complexity index is 474. The fraction of sp³-hybridized carbons (Fsp3) is 0.467. The first kappa shape index (κ1) is 16.2. The van der Waals surface area contributed by atoms with Gasteiger partial charge >= 0.3 is 0 Å². The van der Waals surface area contributed by atoms with Crippen molar-refractivity contribution in [3.63, 3.8) is 0 Å². The number of carbonyl (C=O) groups is 2. The number of rotatable bonds is 7. The topological polar surface area (TPSA) is 58.6 Å². The molecule has 0 bridgehead atoms. The molecule has 0 heterocycles. The van der Waals surface area contributed by atoms with Crippen molar-refractivity contribution in [3.8, 4) is 5.75 Å². The van der Waals surface area contributed by atoms with E-state index in [9.17, 15) is 9.59 Å². The van der Waals surface area contributed by atoms with Crippen LogP contribution in [0.1, 0.15) is 24.2 Å². The number of hydrogen-bond donors (Lipinski definition) is 1. The maximum atomic E-state index is 12.1. The highest BCUT2D eigenvalue weighted by atomic mass is 16.5. The van der Waals surface area contributed by atoms with Crippen molar-refractivity contribution in [2.45, 2.75) is 20.0 Å². The van der Waals surface area contributed by atoms with Crippen LogP contribution in [0.2, 0.25) is 0 Å². The third-order valence-corrected chi connectivity index (χ3v) is 2.97. The second kappa shape index (κ2) is 7.65. The van der Waals surface area contributed by atoms with Crippen molar-refractivity contribution < 1.29 is 14.3 Å². The molecule has 1 rings (SSSR count). The summed E-state index contributed by atoms with van der Waals surface area (Å²) in [6, 6.07) is 6.86. The lowest BCUT2D eigenvalue weighted by molar-refractivity contribution is -0.136. The predicted octanol–water partition coefficient (Wildman–Crippen LogP) is 1.33. The maximum absolute atomic E-state index is 12.1. The van der Waals surface area contributed by atoms with E-state index in [4.69, 9.17) is 4.74 Å². The largest absolute Gasteiger partial charge is 0.481 e. The van der Waals surface area contributed by atoms with Crippen LogP contribution >= 0.6 is 0 Å². The number of ether oxygens (including phenoxy) is 1. The summed E-state index contributed by atoms with van der Waals surface area (Å²) in [6.45, 7) is 4.56. The molecule has 0 aliphatic carbocycles. The molecule has 0 aliphatic rings. The number of hydrogen-bond acceptors (Lipinski definition) is 4. The molecule has 1 atom stereocenters. The van der Waals surface area contributed by atoms with Gasteiger partial charge < -0.3 is 15.0 Å². The van der Waals surface area contributed by atoms with Gasteiger partial charge in [0.2, 0.25) is 0 Å². The van der Waals surface area contributed by atoms with Crippen LogP contribution in [0, 0.1) is 0 Å². The minimum Gasteiger partial charge on any atom is -0.481 e. The Balaban J connectivity index is 2.65. The zero-order chi connectivity index (χ0) is 15.1. The minimum absolute atomic E-state index is 0.0273. The van der Waals surface area contributed by atoms with E-state index in [1.807, 2.05) is 7.05 Å². The molecule has 1 N–H and O–H groups in total. The van der Waals surface area contributed by atoms with Crippen molar-refractivity contribution in [3.05, 3.63) is 29.8 Å². The van der Waals surface area contributed by atoms with Crippen LogP contribution < -0.4 is 10.1 Å². The quantitative estimate of drug-likeness (QED) is 0.765. The zero-order valence-electron chi connectivity index (χ0n) is 12.5. The van der Waals surface area contributed by atoms with Crippen LogP contribution in [0.15, 0.2) is 24.3 Å². The van der Waals surface area contributed by atoms with Gasteiger partial charge in [0.15, 0.2) is 11.9 Å². The van der Waals surface area contributed by atoms with Crippen LogP contribution in [0.5, 0.6) is 5.75 Å². The number of likely N-dealkylation sites (N-methyl/N-ethyl adjacent to an activating group) is 2. The summed E-state index contributed by atoms with van der Waals surface area (Å²) in [5.41, 5.74) is 0.575. The average molecular weight is 278 g/mol. The van der Waals surface area contributed by atoms with Gasteiger partial charge in [0.05, 0.1) is 0 Å². The molecule has 0 saturated heterocycles. The zero-order valence-corrected chi connectivity index (χ0v) is 12.5. The van der Waals surface area contributed by atoms with E-state index in [0.717, 1.165) is 6.54 Å². The first-order chi connectivity index (χ1) is 9.45. The lowest BCUT2D eigenvalue weighted by Crippen LogP contribution is -2.40. The lowest BCUT2D eigenvalue weighted by Gasteiger charge is -2.22. The summed E-state index contributed by atoms with van der Waals surface area (Å²) in [5.74, 6) is 0.412. The van der Waals surface area contributed by atoms with Gasteiger partial charge in [0.1, 0.15) is 5.75 Å². The smallest absolute Gasteiger partial charge is 0.263 e. The lowest BCUT2D eigenvalue weighted by atomic mass is 10.1. The molecule has 0 fully saturated rings. The SMILES string of the molecule is CNCCN(C)C(=O)C(C)Oc1cccc(C(C)=O)c1. The summed E-state index contributed by atoms with van der Waals surface area (Å²) in [5, 5.41) is 2.99. The molecular weight excluding hydrogens is 256 g/mol. The van der Waals surface area contributed by atoms with Crippen LogP contribution in [-0.4, -0.2) is 49.9 Å². The molecule has 0 saturated carbocycles. The molecule has 5 heteroatoms. The third-order valence-electron chi connectivity index (χ3n) is 2.97. The van der Waals surface area contributed by atoms with Crippen LogP contribution in [0.4, 0.5) is 0 Å². The average Bonchev–Trinajstić information content (AvgIpc) is 2.44. The predicted molar refractivity (Wildman–Crippen MR) is 78.1 cm³/mol. The van der Waals surface area contributed by atoms with Gasteiger partial charge in [-0.25, -0.2) is 0 Å². The first-order valence-corrected chi connectivity index (χ1v) is 6.63. The number of ketones is 1. The number of nitrogens with zero attached hydrogens (tertiary/aromatic N) is 1. The molecule has 1 aromatic carbocycles. The molecule has 20 heavy (non-hydrogen) atoms. The summed E-state index contributed by atoms with van der Waals surface area (Å²) in [7, 11) is 3.58. The van der Waals surface area contributed by atoms with E-state index in [0.29, 0.717) is 17.9 Å². The monoisotopic (exact) mass is 278 g/mol. The molecule has 110 valence electrons. The highest BCUT2D eigenvalue weighted by molar-refractivity contribution is 5.94. The Kier molecular flexibility index (Phi) is 6.18. The summed E-state index contributed by atoms with van der Waals surface area (Å²) in [6.07, 6.45) is -0.584. The molecule has 1 unspecified atom stereocenters. The fourth-order valence-electron chi connectivity index (χ4n) is 1.74. The molecular formula is C15H22N2O3. The molecule has 0 aliphatic heterocycles. The van der Waals surface area contributed by atoms with Gasteiger partial charge in [0, 0.05) is 25.7 Å². The number of benzene rings is 1. The number of Topliss-reactive ketones (excluding diaryl/α,β-unsaturated/α-hetero) is 1. The second-order valence-corrected chi connectivity index (χ2v) is 4.71. The van der Waals surface area contributed by atoms with Gasteiger partial charge in [-0.3, -0.25) is 9.59 Å². The van der Waals surface area contributed by atoms with Crippen LogP contribution in [0.25, 0.3) is 0 Å². The Morgan fingerprint density at radius 3 is 2.70 bits per heavy atom. The van der Waals surface area contributed by atoms with Crippen molar-refractivity contribution in [1.29, 1.82) is 0 Å². The van der Waals surface area contributed by atoms with Gasteiger partial charge in [0.25, 0.3) is 5.91 Å². The molecule has 0 aromatic heterocycles. The summed E-state index contributed by atoms with van der Waals surface area (Å²) < 4.78 is 5.60. The van der Waals surface area contributed by atoms with Gasteiger partial charge in [-0.1, -0.05) is 12.1 Å². The third kappa shape index (κ3) is 4.66. The van der Waals surface area contributed by atoms with Crippen LogP contribution in [-0.2, 0) is 4.79 Å². The molecule has 1 amide bonds. The summed E-state index contributed by atoms with van der Waals surface area (Å²) >= 11 is 0. The molecule has 1 aromatic rings. The molecule has 0 spiro atoms. The summed E-state index contributed by atoms with van der Waals surface area (Å²) in [4.78, 5) is 25.0. The second-order valence-electron chi connectivity index (χ2n) is 4.71. The van der Waals surface area contributed by atoms with Gasteiger partial charge in [-0.05, 0) is 33.0 Å². The first-order valence-electron chi connectivity index (χ1n) is 6.63. The highest BCUT2D eigenvalue weighted by Gasteiger charge is 2.18. The minimum atomic E-state index is -0.584. The van der Waals surface area contributed by atoms with Crippen molar-refractivity contribution >= 4 is 11.7 Å². The van der Waals surface area contributed by atoms with Gasteiger partial charge in [-0.15, -0.1) is 0 Å². The van der Waals surface area contributed by atoms with Crippen molar-refractivity contribution in [2.75, 3.05) is 27.2 Å². The Morgan fingerprint density at radius 2 is 2.10 bits per heavy atom. The highest BCUT2D eigenvalue weighted by Crippen LogP contribution is 2.16. The number of nitrogens with one attached hydrogen (secondary N) is 1. The Hall–Kier alpha value is -1.88. The number of carbonyl (C=O) groups excluding carboxylic acids is 2. The van der Waals surface area contributed by atoms with E-state index < -0.39 is 6.10 Å². The standard InChI is InChI=1S/C15H22N2O3/c1-11(18)13-6-5-7-14(10-13)20-12(2)15(19)17(4)9-8-16-3/h5-7,10,12,16H,8-9H2,1-4H3. The fourth-order valence-corrected chi connectivity index (χ4v) is 1.74. The van der Waals surface area contributed by atoms with Crippen molar-refractivity contribution in [1.82, 2.24) is 10.2 Å². The Labute approximate surface area is 119 Å². The normalized spacial score (nSPS) is 11.8. The van der Waals surface area contributed by atoms with E-state index in [1.165, 1.54) is 6.92 Å².